The minimum Gasteiger partial charge on any atom is -0.329 e. The molecule has 94 valence electrons. The third-order valence-corrected chi connectivity index (χ3v) is 3.69. The zero-order valence-corrected chi connectivity index (χ0v) is 11.1. The molecule has 2 heterocycles. The number of hydrogen-bond acceptors (Lipinski definition) is 3. The Kier molecular flexibility index (Phi) is 3.50. The Morgan fingerprint density at radius 3 is 2.71 bits per heavy atom. The topological polar surface area (TPSA) is 42.1 Å². The van der Waals surface area contributed by atoms with Crippen LogP contribution in [0.1, 0.15) is 37.6 Å². The van der Waals surface area contributed by atoms with Crippen LogP contribution in [0.2, 0.25) is 0 Å². The highest BCUT2D eigenvalue weighted by atomic mass is 15.2. The Hall–Kier alpha value is -0.930. The van der Waals surface area contributed by atoms with Crippen LogP contribution < -0.4 is 5.73 Å². The largest absolute Gasteiger partial charge is 0.329 e. The molecule has 2 rings (SSSR count). The van der Waals surface area contributed by atoms with E-state index in [4.69, 9.17) is 5.73 Å². The van der Waals surface area contributed by atoms with Crippen molar-refractivity contribution in [3.63, 3.8) is 0 Å². The predicted octanol–water partition coefficient (Wildman–Crippen LogP) is 2.12. The molecule has 1 aliphatic rings. The molecule has 2 N–H and O–H groups in total. The fraction of sp³-hybridized carbons (Fsp3) is 0.643. The van der Waals surface area contributed by atoms with Gasteiger partial charge in [0.15, 0.2) is 0 Å². The highest BCUT2D eigenvalue weighted by Crippen LogP contribution is 2.34. The standard InChI is InChI=1S/C14H23N3/c1-11-4-5-12(9-16-11)13(8-15)17-7-6-14(2,3)10-17/h4-5,9,13H,6-8,10,15H2,1-3H3. The molecular weight excluding hydrogens is 210 g/mol. The van der Waals surface area contributed by atoms with Crippen molar-refractivity contribution in [3.05, 3.63) is 29.6 Å². The minimum absolute atomic E-state index is 0.324. The third-order valence-electron chi connectivity index (χ3n) is 3.69. The fourth-order valence-corrected chi connectivity index (χ4v) is 2.59. The van der Waals surface area contributed by atoms with Crippen molar-refractivity contribution in [3.8, 4) is 0 Å². The molecule has 1 unspecified atom stereocenters. The van der Waals surface area contributed by atoms with E-state index in [1.54, 1.807) is 0 Å². The van der Waals surface area contributed by atoms with Crippen molar-refractivity contribution in [2.75, 3.05) is 19.6 Å². The van der Waals surface area contributed by atoms with Gasteiger partial charge in [-0.25, -0.2) is 0 Å². The van der Waals surface area contributed by atoms with Gasteiger partial charge in [0.25, 0.3) is 0 Å². The van der Waals surface area contributed by atoms with Crippen LogP contribution in [0.25, 0.3) is 0 Å². The lowest BCUT2D eigenvalue weighted by Crippen LogP contribution is -2.33. The van der Waals surface area contributed by atoms with Crippen molar-refractivity contribution in [2.45, 2.75) is 33.2 Å². The monoisotopic (exact) mass is 233 g/mol. The molecule has 3 heteroatoms. The number of aryl methyl sites for hydroxylation is 1. The number of aromatic nitrogens is 1. The first-order chi connectivity index (χ1) is 8.02. The molecule has 1 aromatic heterocycles. The summed E-state index contributed by atoms with van der Waals surface area (Å²) in [6.07, 6.45) is 3.22. The molecule has 1 aromatic rings. The molecule has 3 nitrogen and oxygen atoms in total. The van der Waals surface area contributed by atoms with E-state index in [9.17, 15) is 0 Å². The zero-order valence-electron chi connectivity index (χ0n) is 11.1. The quantitative estimate of drug-likeness (QED) is 0.869. The summed E-state index contributed by atoms with van der Waals surface area (Å²) in [5.41, 5.74) is 8.67. The summed E-state index contributed by atoms with van der Waals surface area (Å²) in [5.74, 6) is 0. The SMILES string of the molecule is Cc1ccc(C(CN)N2CCC(C)(C)C2)cn1. The van der Waals surface area contributed by atoms with E-state index in [-0.39, 0.29) is 0 Å². The molecule has 1 atom stereocenters. The summed E-state index contributed by atoms with van der Waals surface area (Å²) in [6.45, 7) is 9.61. The molecule has 0 aliphatic carbocycles. The van der Waals surface area contributed by atoms with Gasteiger partial charge >= 0.3 is 0 Å². The second kappa shape index (κ2) is 4.75. The lowest BCUT2D eigenvalue weighted by molar-refractivity contribution is 0.223. The highest BCUT2D eigenvalue weighted by Gasteiger charge is 2.33. The molecule has 0 saturated carbocycles. The molecule has 0 spiro atoms. The number of hydrogen-bond donors (Lipinski definition) is 1. The van der Waals surface area contributed by atoms with E-state index in [0.717, 1.165) is 18.8 Å². The van der Waals surface area contributed by atoms with Crippen LogP contribution in [0.3, 0.4) is 0 Å². The average molecular weight is 233 g/mol. The summed E-state index contributed by atoms with van der Waals surface area (Å²) in [7, 11) is 0. The second-order valence-electron chi connectivity index (χ2n) is 5.87. The maximum absolute atomic E-state index is 5.94. The van der Waals surface area contributed by atoms with Crippen LogP contribution in [0.4, 0.5) is 0 Å². The molecule has 1 fully saturated rings. The Balaban J connectivity index is 2.14. The van der Waals surface area contributed by atoms with Gasteiger partial charge in [-0.15, -0.1) is 0 Å². The molecule has 17 heavy (non-hydrogen) atoms. The fourth-order valence-electron chi connectivity index (χ4n) is 2.59. The van der Waals surface area contributed by atoms with Gasteiger partial charge in [-0.1, -0.05) is 19.9 Å². The van der Waals surface area contributed by atoms with Crippen molar-refractivity contribution >= 4 is 0 Å². The van der Waals surface area contributed by atoms with Gasteiger partial charge in [0.05, 0.1) is 0 Å². The van der Waals surface area contributed by atoms with Gasteiger partial charge in [0, 0.05) is 31.0 Å². The molecule has 0 radical (unpaired) electrons. The Bertz CT molecular complexity index is 370. The number of nitrogens with zero attached hydrogens (tertiary/aromatic N) is 2. The molecule has 0 aromatic carbocycles. The van der Waals surface area contributed by atoms with E-state index in [1.807, 2.05) is 13.1 Å². The first-order valence-corrected chi connectivity index (χ1v) is 6.38. The Morgan fingerprint density at radius 2 is 2.24 bits per heavy atom. The smallest absolute Gasteiger partial charge is 0.0485 e. The number of nitrogens with two attached hydrogens (primary N) is 1. The van der Waals surface area contributed by atoms with Gasteiger partial charge in [-0.2, -0.15) is 0 Å². The lowest BCUT2D eigenvalue weighted by Gasteiger charge is -2.28. The Labute approximate surface area is 104 Å². The molecular formula is C14H23N3. The molecule has 1 saturated heterocycles. The minimum atomic E-state index is 0.324. The summed E-state index contributed by atoms with van der Waals surface area (Å²) in [5, 5.41) is 0. The summed E-state index contributed by atoms with van der Waals surface area (Å²) in [4.78, 5) is 6.87. The first kappa shape index (κ1) is 12.5. The lowest BCUT2D eigenvalue weighted by atomic mass is 9.93. The van der Waals surface area contributed by atoms with E-state index in [0.29, 0.717) is 18.0 Å². The maximum Gasteiger partial charge on any atom is 0.0485 e. The highest BCUT2D eigenvalue weighted by molar-refractivity contribution is 5.18. The first-order valence-electron chi connectivity index (χ1n) is 6.38. The van der Waals surface area contributed by atoms with Crippen LogP contribution >= 0.6 is 0 Å². The van der Waals surface area contributed by atoms with Gasteiger partial charge in [-0.05, 0) is 36.9 Å². The van der Waals surface area contributed by atoms with Gasteiger partial charge in [0.2, 0.25) is 0 Å². The molecule has 0 bridgehead atoms. The van der Waals surface area contributed by atoms with E-state index < -0.39 is 0 Å². The van der Waals surface area contributed by atoms with E-state index >= 15 is 0 Å². The predicted molar refractivity (Wildman–Crippen MR) is 70.7 cm³/mol. The molecule has 1 aliphatic heterocycles. The van der Waals surface area contributed by atoms with Crippen molar-refractivity contribution in [1.82, 2.24) is 9.88 Å². The number of pyridine rings is 1. The van der Waals surface area contributed by atoms with E-state index in [1.165, 1.54) is 12.0 Å². The van der Waals surface area contributed by atoms with Gasteiger partial charge in [0.1, 0.15) is 0 Å². The van der Waals surface area contributed by atoms with Crippen molar-refractivity contribution < 1.29 is 0 Å². The summed E-state index contributed by atoms with van der Waals surface area (Å²) >= 11 is 0. The maximum atomic E-state index is 5.94. The van der Waals surface area contributed by atoms with E-state index in [2.05, 4.69) is 35.9 Å². The Morgan fingerprint density at radius 1 is 1.47 bits per heavy atom. The zero-order chi connectivity index (χ0) is 12.5. The van der Waals surface area contributed by atoms with Crippen LogP contribution in [-0.4, -0.2) is 29.5 Å². The number of likely N-dealkylation sites (tertiary alicyclic amines) is 1. The van der Waals surface area contributed by atoms with Crippen LogP contribution in [0, 0.1) is 12.3 Å². The third kappa shape index (κ3) is 2.85. The average Bonchev–Trinajstić information content (AvgIpc) is 2.63. The normalized spacial score (nSPS) is 21.6. The van der Waals surface area contributed by atoms with Gasteiger partial charge in [-0.3, -0.25) is 9.88 Å². The van der Waals surface area contributed by atoms with Crippen LogP contribution in [0.5, 0.6) is 0 Å². The summed E-state index contributed by atoms with van der Waals surface area (Å²) in [6, 6.07) is 4.55. The number of rotatable bonds is 3. The van der Waals surface area contributed by atoms with Crippen LogP contribution in [0.15, 0.2) is 18.3 Å². The summed E-state index contributed by atoms with van der Waals surface area (Å²) < 4.78 is 0. The van der Waals surface area contributed by atoms with Crippen LogP contribution in [-0.2, 0) is 0 Å². The second-order valence-corrected chi connectivity index (χ2v) is 5.87. The van der Waals surface area contributed by atoms with Crippen molar-refractivity contribution in [1.29, 1.82) is 0 Å². The van der Waals surface area contributed by atoms with Crippen molar-refractivity contribution in [2.24, 2.45) is 11.1 Å². The van der Waals surface area contributed by atoms with Gasteiger partial charge < -0.3 is 5.73 Å². The molecule has 0 amide bonds.